The highest BCUT2D eigenvalue weighted by Crippen LogP contribution is 2.19. The van der Waals surface area contributed by atoms with Gasteiger partial charge in [0.1, 0.15) is 0 Å². The Balaban J connectivity index is 2.29. The summed E-state index contributed by atoms with van der Waals surface area (Å²) in [4.78, 5) is 12.8. The summed E-state index contributed by atoms with van der Waals surface area (Å²) in [5, 5.41) is 0. The smallest absolute Gasteiger partial charge is 0.219 e. The summed E-state index contributed by atoms with van der Waals surface area (Å²) in [5.41, 5.74) is 0. The Morgan fingerprint density at radius 1 is 1.73 bits per heavy atom. The van der Waals surface area contributed by atoms with Crippen LogP contribution < -0.4 is 0 Å². The molecule has 1 amide bonds. The van der Waals surface area contributed by atoms with E-state index in [9.17, 15) is 4.79 Å². The Hall–Kier alpha value is -0.240. The van der Waals surface area contributed by atoms with E-state index in [-0.39, 0.29) is 5.91 Å². The van der Waals surface area contributed by atoms with Crippen LogP contribution in [0, 0.1) is 5.92 Å². The van der Waals surface area contributed by atoms with Crippen LogP contribution in [-0.2, 0) is 4.79 Å². The summed E-state index contributed by atoms with van der Waals surface area (Å²) in [6.45, 7) is 3.47. The minimum absolute atomic E-state index is 0.196. The number of halogens is 1. The SMILES string of the molecule is CC(=O)N1CCC(CCCl)C1. The number of hydrogen-bond donors (Lipinski definition) is 0. The second-order valence-corrected chi connectivity index (χ2v) is 3.48. The molecule has 3 heteroatoms. The van der Waals surface area contributed by atoms with E-state index in [4.69, 9.17) is 11.6 Å². The Labute approximate surface area is 72.5 Å². The Bertz CT molecular complexity index is 149. The molecule has 1 fully saturated rings. The van der Waals surface area contributed by atoms with Crippen LogP contribution in [0.2, 0.25) is 0 Å². The fourth-order valence-corrected chi connectivity index (χ4v) is 1.82. The molecular formula is C8H14ClNO. The van der Waals surface area contributed by atoms with Crippen LogP contribution in [0.15, 0.2) is 0 Å². The third-order valence-electron chi connectivity index (χ3n) is 2.25. The lowest BCUT2D eigenvalue weighted by atomic mass is 10.1. The predicted octanol–water partition coefficient (Wildman–Crippen LogP) is 1.48. The highest BCUT2D eigenvalue weighted by atomic mass is 35.5. The normalized spacial score (nSPS) is 24.2. The quantitative estimate of drug-likeness (QED) is 0.583. The van der Waals surface area contributed by atoms with Gasteiger partial charge in [0, 0.05) is 25.9 Å². The van der Waals surface area contributed by atoms with Gasteiger partial charge < -0.3 is 4.90 Å². The fourth-order valence-electron chi connectivity index (χ4n) is 1.51. The zero-order valence-corrected chi connectivity index (χ0v) is 7.60. The van der Waals surface area contributed by atoms with Crippen molar-refractivity contribution in [2.75, 3.05) is 19.0 Å². The van der Waals surface area contributed by atoms with Crippen molar-refractivity contribution in [2.24, 2.45) is 5.92 Å². The van der Waals surface area contributed by atoms with Crippen molar-refractivity contribution in [3.63, 3.8) is 0 Å². The van der Waals surface area contributed by atoms with Gasteiger partial charge in [-0.3, -0.25) is 4.79 Å². The number of alkyl halides is 1. The van der Waals surface area contributed by atoms with Crippen molar-refractivity contribution in [2.45, 2.75) is 19.8 Å². The zero-order chi connectivity index (χ0) is 8.27. The maximum absolute atomic E-state index is 10.9. The molecule has 1 rings (SSSR count). The molecule has 0 aliphatic carbocycles. The van der Waals surface area contributed by atoms with Crippen LogP contribution in [0.25, 0.3) is 0 Å². The van der Waals surface area contributed by atoms with Gasteiger partial charge in [0.25, 0.3) is 0 Å². The topological polar surface area (TPSA) is 20.3 Å². The molecule has 0 saturated carbocycles. The molecule has 0 aromatic carbocycles. The van der Waals surface area contributed by atoms with Crippen molar-refractivity contribution in [3.05, 3.63) is 0 Å². The molecule has 1 unspecified atom stereocenters. The molecule has 11 heavy (non-hydrogen) atoms. The molecule has 1 aliphatic rings. The van der Waals surface area contributed by atoms with Gasteiger partial charge in [0.05, 0.1) is 0 Å². The monoisotopic (exact) mass is 175 g/mol. The highest BCUT2D eigenvalue weighted by Gasteiger charge is 2.22. The first kappa shape index (κ1) is 8.85. The largest absolute Gasteiger partial charge is 0.343 e. The molecular weight excluding hydrogens is 162 g/mol. The van der Waals surface area contributed by atoms with Gasteiger partial charge in [0.2, 0.25) is 5.91 Å². The minimum atomic E-state index is 0.196. The zero-order valence-electron chi connectivity index (χ0n) is 6.85. The van der Waals surface area contributed by atoms with E-state index in [1.165, 1.54) is 0 Å². The summed E-state index contributed by atoms with van der Waals surface area (Å²) >= 11 is 5.61. The van der Waals surface area contributed by atoms with Gasteiger partial charge in [-0.25, -0.2) is 0 Å². The lowest BCUT2D eigenvalue weighted by Crippen LogP contribution is -2.25. The molecule has 0 bridgehead atoms. The van der Waals surface area contributed by atoms with Gasteiger partial charge >= 0.3 is 0 Å². The fraction of sp³-hybridized carbons (Fsp3) is 0.875. The van der Waals surface area contributed by atoms with Crippen molar-refractivity contribution in [1.29, 1.82) is 0 Å². The first-order valence-corrected chi connectivity index (χ1v) is 4.59. The number of amides is 1. The first-order chi connectivity index (χ1) is 5.24. The summed E-state index contributed by atoms with van der Waals surface area (Å²) in [7, 11) is 0. The number of hydrogen-bond acceptors (Lipinski definition) is 1. The van der Waals surface area contributed by atoms with Crippen molar-refractivity contribution >= 4 is 17.5 Å². The molecule has 0 aromatic heterocycles. The van der Waals surface area contributed by atoms with E-state index in [1.807, 2.05) is 4.90 Å². The van der Waals surface area contributed by atoms with Gasteiger partial charge in [-0.2, -0.15) is 0 Å². The van der Waals surface area contributed by atoms with E-state index in [0.29, 0.717) is 5.92 Å². The molecule has 0 N–H and O–H groups in total. The molecule has 1 saturated heterocycles. The third-order valence-corrected chi connectivity index (χ3v) is 2.47. The average Bonchev–Trinajstić information content (AvgIpc) is 2.37. The highest BCUT2D eigenvalue weighted by molar-refractivity contribution is 6.17. The molecule has 1 aliphatic heterocycles. The Morgan fingerprint density at radius 2 is 2.45 bits per heavy atom. The molecule has 0 aromatic rings. The van der Waals surface area contributed by atoms with Crippen molar-refractivity contribution in [3.8, 4) is 0 Å². The maximum Gasteiger partial charge on any atom is 0.219 e. The van der Waals surface area contributed by atoms with Gasteiger partial charge in [-0.15, -0.1) is 11.6 Å². The molecule has 0 radical (unpaired) electrons. The summed E-state index contributed by atoms with van der Waals surface area (Å²) in [5.74, 6) is 1.56. The lowest BCUT2D eigenvalue weighted by molar-refractivity contribution is -0.127. The Morgan fingerprint density at radius 3 is 2.91 bits per heavy atom. The van der Waals surface area contributed by atoms with Crippen molar-refractivity contribution in [1.82, 2.24) is 4.90 Å². The van der Waals surface area contributed by atoms with Crippen LogP contribution in [0.3, 0.4) is 0 Å². The van der Waals surface area contributed by atoms with E-state index in [2.05, 4.69) is 0 Å². The van der Waals surface area contributed by atoms with E-state index in [0.717, 1.165) is 31.8 Å². The molecule has 0 spiro atoms. The summed E-state index contributed by atoms with van der Waals surface area (Å²) in [6.07, 6.45) is 2.18. The van der Waals surface area contributed by atoms with Crippen LogP contribution in [-0.4, -0.2) is 29.8 Å². The van der Waals surface area contributed by atoms with Crippen LogP contribution >= 0.6 is 11.6 Å². The first-order valence-electron chi connectivity index (χ1n) is 4.05. The lowest BCUT2D eigenvalue weighted by Gasteiger charge is -2.12. The second kappa shape index (κ2) is 3.96. The van der Waals surface area contributed by atoms with Crippen LogP contribution in [0.1, 0.15) is 19.8 Å². The van der Waals surface area contributed by atoms with Crippen molar-refractivity contribution < 1.29 is 4.79 Å². The van der Waals surface area contributed by atoms with Gasteiger partial charge in [0.15, 0.2) is 0 Å². The van der Waals surface area contributed by atoms with E-state index < -0.39 is 0 Å². The summed E-state index contributed by atoms with van der Waals surface area (Å²) < 4.78 is 0. The number of rotatable bonds is 2. The predicted molar refractivity (Wildman–Crippen MR) is 45.7 cm³/mol. The number of nitrogens with zero attached hydrogens (tertiary/aromatic N) is 1. The van der Waals surface area contributed by atoms with E-state index >= 15 is 0 Å². The number of likely N-dealkylation sites (tertiary alicyclic amines) is 1. The molecule has 1 heterocycles. The third kappa shape index (κ3) is 2.37. The van der Waals surface area contributed by atoms with Crippen LogP contribution in [0.4, 0.5) is 0 Å². The molecule has 2 nitrogen and oxygen atoms in total. The minimum Gasteiger partial charge on any atom is -0.343 e. The number of carbonyl (C=O) groups is 1. The van der Waals surface area contributed by atoms with Gasteiger partial charge in [-0.1, -0.05) is 0 Å². The Kier molecular flexibility index (Phi) is 3.18. The maximum atomic E-state index is 10.9. The van der Waals surface area contributed by atoms with Crippen LogP contribution in [0.5, 0.6) is 0 Å². The van der Waals surface area contributed by atoms with Gasteiger partial charge in [-0.05, 0) is 18.8 Å². The molecule has 1 atom stereocenters. The average molecular weight is 176 g/mol. The second-order valence-electron chi connectivity index (χ2n) is 3.10. The summed E-state index contributed by atoms with van der Waals surface area (Å²) in [6, 6.07) is 0. The molecule has 64 valence electrons. The standard InChI is InChI=1S/C8H14ClNO/c1-7(11)10-5-3-8(6-10)2-4-9/h8H,2-6H2,1H3. The number of carbonyl (C=O) groups excluding carboxylic acids is 1. The van der Waals surface area contributed by atoms with E-state index in [1.54, 1.807) is 6.92 Å².